The molecular weight excluding hydrogens is 262 g/mol. The summed E-state index contributed by atoms with van der Waals surface area (Å²) in [7, 11) is 0. The van der Waals surface area contributed by atoms with E-state index in [4.69, 9.17) is 10.6 Å². The first-order valence-corrected chi connectivity index (χ1v) is 6.39. The maximum Gasteiger partial charge on any atom is 0.150 e. The van der Waals surface area contributed by atoms with E-state index in [1.54, 1.807) is 6.20 Å². The Morgan fingerprint density at radius 2 is 2.26 bits per heavy atom. The van der Waals surface area contributed by atoms with Crippen LogP contribution in [0.1, 0.15) is 5.69 Å². The molecule has 3 aromatic rings. The number of pyridine rings is 1. The second-order valence-electron chi connectivity index (χ2n) is 3.84. The zero-order valence-corrected chi connectivity index (χ0v) is 10.7. The zero-order chi connectivity index (χ0) is 13.1. The van der Waals surface area contributed by atoms with Crippen LogP contribution in [0, 0.1) is 0 Å². The molecule has 2 aromatic heterocycles. The number of anilines is 1. The van der Waals surface area contributed by atoms with E-state index in [0.29, 0.717) is 17.3 Å². The Bertz CT molecular complexity index is 699. The number of hydrogen-bond donors (Lipinski definition) is 2. The van der Waals surface area contributed by atoms with Crippen molar-refractivity contribution in [2.75, 3.05) is 5.43 Å². The maximum absolute atomic E-state index is 5.67. The lowest BCUT2D eigenvalue weighted by Crippen LogP contribution is -2.08. The van der Waals surface area contributed by atoms with Gasteiger partial charge in [-0.25, -0.2) is 5.84 Å². The summed E-state index contributed by atoms with van der Waals surface area (Å²) in [4.78, 5) is 4.28. The Balaban J connectivity index is 1.78. The van der Waals surface area contributed by atoms with Gasteiger partial charge in [-0.2, -0.15) is 0 Å². The summed E-state index contributed by atoms with van der Waals surface area (Å²) in [5.74, 6) is 6.09. The number of nitrogens with zero attached hydrogens (tertiary/aromatic N) is 3. The highest BCUT2D eigenvalue weighted by molar-refractivity contribution is 7.10. The molecule has 0 amide bonds. The highest BCUT2D eigenvalue weighted by Crippen LogP contribution is 2.22. The molecule has 0 atom stereocenters. The SMILES string of the molecule is NNc1snnc1COc1ccc2cccnc2c1. The number of benzene rings is 1. The molecule has 0 aliphatic rings. The van der Waals surface area contributed by atoms with Crippen molar-refractivity contribution in [3.63, 3.8) is 0 Å². The van der Waals surface area contributed by atoms with Crippen LogP contribution in [0.2, 0.25) is 0 Å². The van der Waals surface area contributed by atoms with Crippen molar-refractivity contribution in [2.24, 2.45) is 5.84 Å². The number of nitrogens with two attached hydrogens (primary N) is 1. The minimum Gasteiger partial charge on any atom is -0.487 e. The predicted molar refractivity (Wildman–Crippen MR) is 73.8 cm³/mol. The summed E-state index contributed by atoms with van der Waals surface area (Å²) in [6, 6.07) is 9.68. The molecule has 1 aromatic carbocycles. The minimum absolute atomic E-state index is 0.314. The van der Waals surface area contributed by atoms with E-state index in [2.05, 4.69) is 20.0 Å². The van der Waals surface area contributed by atoms with Crippen LogP contribution in [0.15, 0.2) is 36.5 Å². The number of nitrogen functional groups attached to an aromatic ring is 1. The number of aromatic nitrogens is 3. The van der Waals surface area contributed by atoms with Gasteiger partial charge in [0.05, 0.1) is 5.52 Å². The van der Waals surface area contributed by atoms with Crippen LogP contribution < -0.4 is 16.0 Å². The number of rotatable bonds is 4. The lowest BCUT2D eigenvalue weighted by atomic mass is 10.2. The standard InChI is InChI=1S/C12H11N5OS/c13-15-12-11(16-17-19-12)7-18-9-4-3-8-2-1-5-14-10(8)6-9/h1-6,15H,7,13H2. The van der Waals surface area contributed by atoms with Crippen molar-refractivity contribution in [1.82, 2.24) is 14.6 Å². The van der Waals surface area contributed by atoms with Crippen LogP contribution in [-0.2, 0) is 6.61 Å². The van der Waals surface area contributed by atoms with E-state index in [9.17, 15) is 0 Å². The van der Waals surface area contributed by atoms with Crippen molar-refractivity contribution < 1.29 is 4.74 Å². The van der Waals surface area contributed by atoms with Crippen molar-refractivity contribution in [2.45, 2.75) is 6.61 Å². The van der Waals surface area contributed by atoms with Crippen LogP contribution in [-0.4, -0.2) is 14.6 Å². The number of fused-ring (bicyclic) bond motifs is 1. The van der Waals surface area contributed by atoms with E-state index in [1.165, 1.54) is 11.5 Å². The fourth-order valence-corrected chi connectivity index (χ4v) is 2.18. The molecular formula is C12H11N5OS. The molecule has 0 saturated carbocycles. The van der Waals surface area contributed by atoms with E-state index in [1.807, 2.05) is 30.3 Å². The van der Waals surface area contributed by atoms with Crippen molar-refractivity contribution in [1.29, 1.82) is 0 Å². The summed E-state index contributed by atoms with van der Waals surface area (Å²) in [5, 5.41) is 5.74. The Morgan fingerprint density at radius 3 is 3.16 bits per heavy atom. The van der Waals surface area contributed by atoms with Gasteiger partial charge in [0, 0.05) is 29.2 Å². The fraction of sp³-hybridized carbons (Fsp3) is 0.0833. The average Bonchev–Trinajstić information content (AvgIpc) is 2.92. The first-order chi connectivity index (χ1) is 9.36. The summed E-state index contributed by atoms with van der Waals surface area (Å²) >= 11 is 1.20. The third kappa shape index (κ3) is 2.47. The monoisotopic (exact) mass is 273 g/mol. The smallest absolute Gasteiger partial charge is 0.150 e. The van der Waals surface area contributed by atoms with Crippen LogP contribution in [0.25, 0.3) is 10.9 Å². The lowest BCUT2D eigenvalue weighted by Gasteiger charge is -2.06. The molecule has 0 fully saturated rings. The normalized spacial score (nSPS) is 10.6. The molecule has 0 spiro atoms. The maximum atomic E-state index is 5.67. The summed E-state index contributed by atoms with van der Waals surface area (Å²) in [6.07, 6.45) is 1.76. The Morgan fingerprint density at radius 1 is 1.32 bits per heavy atom. The third-order valence-corrected chi connectivity index (χ3v) is 3.34. The van der Waals surface area contributed by atoms with Crippen LogP contribution in [0.5, 0.6) is 5.75 Å². The Labute approximate surface area is 113 Å². The summed E-state index contributed by atoms with van der Waals surface area (Å²) in [6.45, 7) is 0.314. The second-order valence-corrected chi connectivity index (χ2v) is 4.59. The zero-order valence-electron chi connectivity index (χ0n) is 9.91. The highest BCUT2D eigenvalue weighted by Gasteiger charge is 2.07. The van der Waals surface area contributed by atoms with Gasteiger partial charge in [-0.3, -0.25) is 4.98 Å². The Kier molecular flexibility index (Phi) is 3.21. The Hall–Kier alpha value is -2.25. The predicted octanol–water partition coefficient (Wildman–Crippen LogP) is 1.95. The largest absolute Gasteiger partial charge is 0.487 e. The molecule has 3 N–H and O–H groups in total. The van der Waals surface area contributed by atoms with Gasteiger partial charge in [0.15, 0.2) is 5.00 Å². The van der Waals surface area contributed by atoms with E-state index in [0.717, 1.165) is 16.7 Å². The molecule has 7 heteroatoms. The van der Waals surface area contributed by atoms with Gasteiger partial charge < -0.3 is 10.2 Å². The molecule has 0 aliphatic carbocycles. The van der Waals surface area contributed by atoms with E-state index < -0.39 is 0 Å². The lowest BCUT2D eigenvalue weighted by molar-refractivity contribution is 0.302. The van der Waals surface area contributed by atoms with Gasteiger partial charge in [0.1, 0.15) is 18.1 Å². The van der Waals surface area contributed by atoms with Crippen molar-refractivity contribution in [3.8, 4) is 5.75 Å². The van der Waals surface area contributed by atoms with Gasteiger partial charge in [-0.1, -0.05) is 10.6 Å². The van der Waals surface area contributed by atoms with Crippen molar-refractivity contribution in [3.05, 3.63) is 42.2 Å². The number of ether oxygens (including phenoxy) is 1. The molecule has 0 aliphatic heterocycles. The van der Waals surface area contributed by atoms with E-state index >= 15 is 0 Å². The molecule has 0 unspecified atom stereocenters. The molecule has 96 valence electrons. The van der Waals surface area contributed by atoms with Gasteiger partial charge in [0.2, 0.25) is 0 Å². The first kappa shape index (κ1) is 11.8. The highest BCUT2D eigenvalue weighted by atomic mass is 32.1. The number of hydrazine groups is 1. The van der Waals surface area contributed by atoms with Gasteiger partial charge >= 0.3 is 0 Å². The molecule has 2 heterocycles. The van der Waals surface area contributed by atoms with Gasteiger partial charge in [0.25, 0.3) is 0 Å². The summed E-state index contributed by atoms with van der Waals surface area (Å²) < 4.78 is 9.48. The van der Waals surface area contributed by atoms with Gasteiger partial charge in [-0.05, 0) is 18.2 Å². The molecule has 0 bridgehead atoms. The van der Waals surface area contributed by atoms with Crippen LogP contribution in [0.4, 0.5) is 5.00 Å². The quantitative estimate of drug-likeness (QED) is 0.558. The molecule has 3 rings (SSSR count). The molecule has 0 saturated heterocycles. The van der Waals surface area contributed by atoms with E-state index in [-0.39, 0.29) is 0 Å². The average molecular weight is 273 g/mol. The number of hydrogen-bond acceptors (Lipinski definition) is 7. The van der Waals surface area contributed by atoms with Gasteiger partial charge in [-0.15, -0.1) is 5.10 Å². The number of nitrogens with one attached hydrogen (secondary N) is 1. The van der Waals surface area contributed by atoms with Crippen LogP contribution >= 0.6 is 11.5 Å². The van der Waals surface area contributed by atoms with Crippen molar-refractivity contribution >= 4 is 27.4 Å². The molecule has 6 nitrogen and oxygen atoms in total. The molecule has 19 heavy (non-hydrogen) atoms. The summed E-state index contributed by atoms with van der Waals surface area (Å²) in [5.41, 5.74) is 4.13. The third-order valence-electron chi connectivity index (χ3n) is 2.64. The van der Waals surface area contributed by atoms with Crippen LogP contribution in [0.3, 0.4) is 0 Å². The first-order valence-electron chi connectivity index (χ1n) is 5.62. The second kappa shape index (κ2) is 5.17. The topological polar surface area (TPSA) is 86.0 Å². The minimum atomic E-state index is 0.314. The fourth-order valence-electron chi connectivity index (χ4n) is 1.70. The molecule has 0 radical (unpaired) electrons.